The number of carbonyl (C=O) groups excluding carboxylic acids is 2. The Labute approximate surface area is 143 Å². The number of hydrogen-bond donors (Lipinski definition) is 2. The quantitative estimate of drug-likeness (QED) is 0.827. The van der Waals surface area contributed by atoms with Gasteiger partial charge in [0.25, 0.3) is 0 Å². The summed E-state index contributed by atoms with van der Waals surface area (Å²) in [5, 5.41) is 5.86. The van der Waals surface area contributed by atoms with Crippen LogP contribution in [0.15, 0.2) is 59.8 Å². The summed E-state index contributed by atoms with van der Waals surface area (Å²) in [4.78, 5) is 24.7. The number of amides is 2. The molecular weight excluding hydrogens is 331 g/mol. The standard InChI is InChI=1S/C18H14ClFN2O2/c1-10-15(17(23)12-2-6-13(19)7-3-12)16(22-18(24)21-10)11-4-8-14(20)9-5-11/h2-9,16H,1H3,(H2,21,22,24)/t16-/m0/s1. The number of benzene rings is 2. The molecule has 2 aromatic rings. The van der Waals surface area contributed by atoms with Crippen molar-refractivity contribution < 1.29 is 14.0 Å². The van der Waals surface area contributed by atoms with E-state index in [2.05, 4.69) is 10.6 Å². The van der Waals surface area contributed by atoms with E-state index in [4.69, 9.17) is 11.6 Å². The SMILES string of the molecule is CC1=C(C(=O)c2ccc(Cl)cc2)[C@H](c2ccc(F)cc2)NC(=O)N1. The number of allylic oxidation sites excluding steroid dienone is 1. The van der Waals surface area contributed by atoms with Gasteiger partial charge in [0, 0.05) is 21.9 Å². The zero-order valence-electron chi connectivity index (χ0n) is 12.8. The predicted octanol–water partition coefficient (Wildman–Crippen LogP) is 3.99. The minimum atomic E-state index is -0.650. The summed E-state index contributed by atoms with van der Waals surface area (Å²) in [6.07, 6.45) is 0. The minimum Gasteiger partial charge on any atom is -0.327 e. The van der Waals surface area contributed by atoms with E-state index in [9.17, 15) is 14.0 Å². The minimum absolute atomic E-state index is 0.231. The molecule has 0 saturated heterocycles. The van der Waals surface area contributed by atoms with E-state index >= 15 is 0 Å². The molecule has 1 aliphatic rings. The normalized spacial score (nSPS) is 17.3. The van der Waals surface area contributed by atoms with Gasteiger partial charge in [0.15, 0.2) is 5.78 Å². The Bertz CT molecular complexity index is 829. The van der Waals surface area contributed by atoms with E-state index in [1.165, 1.54) is 12.1 Å². The summed E-state index contributed by atoms with van der Waals surface area (Å²) in [5.74, 6) is -0.615. The average molecular weight is 345 g/mol. The number of ketones is 1. The van der Waals surface area contributed by atoms with Crippen LogP contribution in [0.3, 0.4) is 0 Å². The molecule has 0 aliphatic carbocycles. The van der Waals surface area contributed by atoms with Gasteiger partial charge in [-0.1, -0.05) is 23.7 Å². The molecule has 1 heterocycles. The Morgan fingerprint density at radius 1 is 1.08 bits per heavy atom. The van der Waals surface area contributed by atoms with Crippen LogP contribution in [0.1, 0.15) is 28.9 Å². The summed E-state index contributed by atoms with van der Waals surface area (Å²) in [6, 6.07) is 11.1. The zero-order chi connectivity index (χ0) is 17.3. The fourth-order valence-electron chi connectivity index (χ4n) is 2.66. The average Bonchev–Trinajstić information content (AvgIpc) is 2.55. The monoisotopic (exact) mass is 344 g/mol. The van der Waals surface area contributed by atoms with Crippen LogP contribution in [0.2, 0.25) is 5.02 Å². The Balaban J connectivity index is 2.04. The Hall–Kier alpha value is -2.66. The maximum absolute atomic E-state index is 13.2. The Morgan fingerprint density at radius 2 is 1.71 bits per heavy atom. The Kier molecular flexibility index (Phi) is 4.36. The molecule has 0 radical (unpaired) electrons. The second-order valence-corrected chi connectivity index (χ2v) is 5.89. The van der Waals surface area contributed by atoms with E-state index < -0.39 is 12.1 Å². The predicted molar refractivity (Wildman–Crippen MR) is 89.3 cm³/mol. The zero-order valence-corrected chi connectivity index (χ0v) is 13.5. The third-order valence-electron chi connectivity index (χ3n) is 3.82. The highest BCUT2D eigenvalue weighted by molar-refractivity contribution is 6.30. The highest BCUT2D eigenvalue weighted by atomic mass is 35.5. The second-order valence-electron chi connectivity index (χ2n) is 5.46. The van der Waals surface area contributed by atoms with Gasteiger partial charge < -0.3 is 10.6 Å². The fourth-order valence-corrected chi connectivity index (χ4v) is 2.78. The van der Waals surface area contributed by atoms with E-state index in [1.54, 1.807) is 43.3 Å². The smallest absolute Gasteiger partial charge is 0.319 e. The van der Waals surface area contributed by atoms with Crippen LogP contribution in [-0.2, 0) is 0 Å². The van der Waals surface area contributed by atoms with Gasteiger partial charge in [-0.15, -0.1) is 0 Å². The maximum atomic E-state index is 13.2. The molecule has 2 amide bonds. The van der Waals surface area contributed by atoms with Crippen molar-refractivity contribution in [3.63, 3.8) is 0 Å². The number of urea groups is 1. The van der Waals surface area contributed by atoms with E-state index in [0.717, 1.165) is 0 Å². The molecule has 0 spiro atoms. The largest absolute Gasteiger partial charge is 0.327 e. The van der Waals surface area contributed by atoms with E-state index in [0.29, 0.717) is 27.4 Å². The number of nitrogens with one attached hydrogen (secondary N) is 2. The van der Waals surface area contributed by atoms with Crippen molar-refractivity contribution in [2.24, 2.45) is 0 Å². The third-order valence-corrected chi connectivity index (χ3v) is 4.08. The van der Waals surface area contributed by atoms with Gasteiger partial charge in [-0.2, -0.15) is 0 Å². The van der Waals surface area contributed by atoms with Gasteiger partial charge in [-0.05, 0) is 48.9 Å². The lowest BCUT2D eigenvalue weighted by atomic mass is 9.89. The molecule has 2 aromatic carbocycles. The van der Waals surface area contributed by atoms with Crippen molar-refractivity contribution in [3.05, 3.63) is 81.8 Å². The number of halogens is 2. The van der Waals surface area contributed by atoms with Gasteiger partial charge in [-0.3, -0.25) is 4.79 Å². The molecule has 3 rings (SSSR count). The summed E-state index contributed by atoms with van der Waals surface area (Å²) >= 11 is 5.86. The molecule has 4 nitrogen and oxygen atoms in total. The molecule has 0 bridgehead atoms. The van der Waals surface area contributed by atoms with Crippen LogP contribution < -0.4 is 10.6 Å². The maximum Gasteiger partial charge on any atom is 0.319 e. The number of Topliss-reactive ketones (excluding diaryl/α,β-unsaturated/α-hetero) is 1. The van der Waals surface area contributed by atoms with Crippen molar-refractivity contribution in [2.75, 3.05) is 0 Å². The summed E-state index contributed by atoms with van der Waals surface area (Å²) in [5.41, 5.74) is 1.96. The molecular formula is C18H14ClFN2O2. The highest BCUT2D eigenvalue weighted by Gasteiger charge is 2.31. The molecule has 2 N–H and O–H groups in total. The van der Waals surface area contributed by atoms with Gasteiger partial charge in [0.1, 0.15) is 5.82 Å². The molecule has 6 heteroatoms. The van der Waals surface area contributed by atoms with E-state index in [1.807, 2.05) is 0 Å². The van der Waals surface area contributed by atoms with Crippen LogP contribution in [0, 0.1) is 5.82 Å². The van der Waals surface area contributed by atoms with Crippen LogP contribution in [-0.4, -0.2) is 11.8 Å². The van der Waals surface area contributed by atoms with Crippen molar-refractivity contribution in [3.8, 4) is 0 Å². The first kappa shape index (κ1) is 16.2. The van der Waals surface area contributed by atoms with Crippen LogP contribution in [0.5, 0.6) is 0 Å². The second kappa shape index (κ2) is 6.45. The van der Waals surface area contributed by atoms with Crippen LogP contribution in [0.25, 0.3) is 0 Å². The first-order valence-electron chi connectivity index (χ1n) is 7.29. The molecule has 0 fully saturated rings. The lowest BCUT2D eigenvalue weighted by molar-refractivity contribution is 0.102. The van der Waals surface area contributed by atoms with Crippen LogP contribution >= 0.6 is 11.6 Å². The molecule has 0 saturated carbocycles. The molecule has 0 aromatic heterocycles. The van der Waals surface area contributed by atoms with Crippen molar-refractivity contribution in [1.82, 2.24) is 10.6 Å². The molecule has 1 atom stereocenters. The lowest BCUT2D eigenvalue weighted by Crippen LogP contribution is -2.45. The highest BCUT2D eigenvalue weighted by Crippen LogP contribution is 2.29. The first-order valence-corrected chi connectivity index (χ1v) is 7.67. The van der Waals surface area contributed by atoms with Gasteiger partial charge >= 0.3 is 6.03 Å². The van der Waals surface area contributed by atoms with Crippen molar-refractivity contribution in [2.45, 2.75) is 13.0 Å². The number of hydrogen-bond acceptors (Lipinski definition) is 2. The molecule has 0 unspecified atom stereocenters. The van der Waals surface area contributed by atoms with Gasteiger partial charge in [0.05, 0.1) is 6.04 Å². The molecule has 24 heavy (non-hydrogen) atoms. The summed E-state index contributed by atoms with van der Waals surface area (Å²) < 4.78 is 13.2. The number of carbonyl (C=O) groups is 2. The summed E-state index contributed by atoms with van der Waals surface area (Å²) in [7, 11) is 0. The Morgan fingerprint density at radius 3 is 2.33 bits per heavy atom. The van der Waals surface area contributed by atoms with Gasteiger partial charge in [0.2, 0.25) is 0 Å². The molecule has 1 aliphatic heterocycles. The third kappa shape index (κ3) is 3.16. The first-order chi connectivity index (χ1) is 11.5. The van der Waals surface area contributed by atoms with E-state index in [-0.39, 0.29) is 11.6 Å². The number of rotatable bonds is 3. The van der Waals surface area contributed by atoms with Gasteiger partial charge in [-0.25, -0.2) is 9.18 Å². The van der Waals surface area contributed by atoms with Crippen LogP contribution in [0.4, 0.5) is 9.18 Å². The summed E-state index contributed by atoms with van der Waals surface area (Å²) in [6.45, 7) is 1.67. The van der Waals surface area contributed by atoms with Crippen molar-refractivity contribution >= 4 is 23.4 Å². The fraction of sp³-hybridized carbons (Fsp3) is 0.111. The van der Waals surface area contributed by atoms with Crippen molar-refractivity contribution in [1.29, 1.82) is 0 Å². The molecule has 122 valence electrons. The topological polar surface area (TPSA) is 58.2 Å². The lowest BCUT2D eigenvalue weighted by Gasteiger charge is -2.28.